The zero-order valence-corrected chi connectivity index (χ0v) is 21.4. The van der Waals surface area contributed by atoms with Crippen LogP contribution in [0.25, 0.3) is 55.1 Å². The van der Waals surface area contributed by atoms with E-state index in [4.69, 9.17) is 12.6 Å². The van der Waals surface area contributed by atoms with Crippen molar-refractivity contribution in [2.24, 2.45) is 0 Å². The number of nitrogens with zero attached hydrogens (tertiary/aromatic N) is 1. The van der Waals surface area contributed by atoms with Gasteiger partial charge in [-0.2, -0.15) is 0 Å². The van der Waals surface area contributed by atoms with Crippen LogP contribution in [0.1, 0.15) is 58.5 Å². The minimum absolute atomic E-state index is 0.00557. The molecular formula is C35H33NO. The van der Waals surface area contributed by atoms with Crippen molar-refractivity contribution in [1.29, 1.82) is 0 Å². The fraction of sp³-hybridized carbons (Fsp3) is 0.229. The molecule has 2 heterocycles. The van der Waals surface area contributed by atoms with E-state index in [1.807, 2.05) is 54.6 Å². The fourth-order valence-electron chi connectivity index (χ4n) is 5.37. The minimum Gasteiger partial charge on any atom is -0.455 e. The van der Waals surface area contributed by atoms with Crippen LogP contribution in [0, 0.1) is 13.7 Å². The lowest BCUT2D eigenvalue weighted by Crippen LogP contribution is -2.19. The lowest BCUT2D eigenvalue weighted by molar-refractivity contribution is 0.439. The van der Waals surface area contributed by atoms with Gasteiger partial charge in [0.2, 0.25) is 0 Å². The Labute approximate surface area is 227 Å². The van der Waals surface area contributed by atoms with Gasteiger partial charge in [-0.3, -0.25) is 4.98 Å². The van der Waals surface area contributed by atoms with Crippen LogP contribution in [0.3, 0.4) is 0 Å². The van der Waals surface area contributed by atoms with E-state index in [1.54, 1.807) is 18.2 Å². The van der Waals surface area contributed by atoms with E-state index in [1.165, 1.54) is 6.20 Å². The molecule has 37 heavy (non-hydrogen) atoms. The topological polar surface area (TPSA) is 26.0 Å². The van der Waals surface area contributed by atoms with Crippen LogP contribution in [0.5, 0.6) is 0 Å². The Morgan fingerprint density at radius 1 is 0.730 bits per heavy atom. The van der Waals surface area contributed by atoms with Crippen molar-refractivity contribution >= 4 is 32.7 Å². The molecule has 0 N–H and O–H groups in total. The first-order valence-corrected chi connectivity index (χ1v) is 12.8. The summed E-state index contributed by atoms with van der Waals surface area (Å²) in [6, 6.07) is 25.1. The van der Waals surface area contributed by atoms with Gasteiger partial charge in [0.25, 0.3) is 0 Å². The van der Waals surface area contributed by atoms with Gasteiger partial charge in [0.1, 0.15) is 11.2 Å². The van der Waals surface area contributed by atoms with Gasteiger partial charge in [0, 0.05) is 36.1 Å². The van der Waals surface area contributed by atoms with Crippen molar-refractivity contribution in [3.05, 3.63) is 102 Å². The summed E-state index contributed by atoms with van der Waals surface area (Å²) in [7, 11) is 0. The molecule has 0 saturated carbocycles. The molecule has 0 spiro atoms. The van der Waals surface area contributed by atoms with E-state index in [0.29, 0.717) is 28.0 Å². The van der Waals surface area contributed by atoms with E-state index in [9.17, 15) is 0 Å². The number of aromatic nitrogens is 1. The van der Waals surface area contributed by atoms with E-state index in [0.717, 1.165) is 45.5 Å². The Hall–Kier alpha value is -3.91. The second-order valence-electron chi connectivity index (χ2n) is 10.1. The maximum atomic E-state index is 8.42. The monoisotopic (exact) mass is 489 g/mol. The Kier molecular flexibility index (Phi) is 4.21. The normalized spacial score (nSPS) is 15.2. The lowest BCUT2D eigenvalue weighted by atomic mass is 9.76. The number of fused-ring (bicyclic) bond motifs is 5. The summed E-state index contributed by atoms with van der Waals surface area (Å²) in [5.41, 5.74) is 4.19. The van der Waals surface area contributed by atoms with Crippen molar-refractivity contribution in [3.8, 4) is 22.4 Å². The van der Waals surface area contributed by atoms with Gasteiger partial charge < -0.3 is 4.42 Å². The molecule has 0 fully saturated rings. The van der Waals surface area contributed by atoms with E-state index >= 15 is 0 Å². The van der Waals surface area contributed by atoms with Gasteiger partial charge in [0.05, 0.1) is 5.69 Å². The molecule has 0 bridgehead atoms. The van der Waals surface area contributed by atoms with E-state index < -0.39 is 13.7 Å². The number of hydrogen-bond acceptors (Lipinski definition) is 2. The van der Waals surface area contributed by atoms with Gasteiger partial charge in [-0.15, -0.1) is 0 Å². The Morgan fingerprint density at radius 2 is 1.51 bits per heavy atom. The minimum atomic E-state index is -2.50. The number of pyridine rings is 1. The summed E-state index contributed by atoms with van der Waals surface area (Å²) in [6.07, 6.45) is 3.05. The first kappa shape index (κ1) is 17.5. The lowest BCUT2D eigenvalue weighted by Gasteiger charge is -2.28. The van der Waals surface area contributed by atoms with Crippen LogP contribution < -0.4 is 0 Å². The second-order valence-corrected chi connectivity index (χ2v) is 10.1. The molecule has 0 aliphatic rings. The first-order chi connectivity index (χ1) is 20.4. The molecule has 0 unspecified atom stereocenters. The quantitative estimate of drug-likeness (QED) is 0.241. The SMILES string of the molecule is [2H]C([2H])([2H])c1cnc(-c2cccc3c2oc2c4ccccc4ccc32)cc1-c1ccc(C(C)(CC)CC)cc1C([2H])([2H])[2H]. The van der Waals surface area contributed by atoms with Gasteiger partial charge in [-0.25, -0.2) is 0 Å². The number of aryl methyl sites for hydroxylation is 2. The summed E-state index contributed by atoms with van der Waals surface area (Å²) in [6.45, 7) is 1.35. The van der Waals surface area contributed by atoms with Gasteiger partial charge >= 0.3 is 0 Å². The molecule has 2 aromatic heterocycles. The third-order valence-electron chi connectivity index (χ3n) is 8.14. The summed E-state index contributed by atoms with van der Waals surface area (Å²) in [5.74, 6) is 0. The highest BCUT2D eigenvalue weighted by Crippen LogP contribution is 2.40. The average Bonchev–Trinajstić information content (AvgIpc) is 3.39. The highest BCUT2D eigenvalue weighted by atomic mass is 16.3. The highest BCUT2D eigenvalue weighted by molar-refractivity contribution is 6.17. The maximum absolute atomic E-state index is 8.42. The molecule has 0 atom stereocenters. The molecule has 0 amide bonds. The molecular weight excluding hydrogens is 450 g/mol. The number of furan rings is 1. The Morgan fingerprint density at radius 3 is 2.32 bits per heavy atom. The predicted octanol–water partition coefficient (Wildman–Crippen LogP) is 10.2. The standard InChI is InChI=1S/C35H33NO/c1-6-35(5,7-2)25-16-18-26(22(3)19-25)31-20-32(36-21-23(31)4)30-14-10-13-28-29-17-15-24-11-8-9-12-27(24)33(29)37-34(28)30/h8-21H,6-7H2,1-5H3/i3D3,4D3. The van der Waals surface area contributed by atoms with E-state index in [2.05, 4.69) is 31.8 Å². The van der Waals surface area contributed by atoms with Crippen molar-refractivity contribution in [1.82, 2.24) is 4.98 Å². The smallest absolute Gasteiger partial charge is 0.144 e. The number of benzene rings is 4. The van der Waals surface area contributed by atoms with Crippen molar-refractivity contribution in [3.63, 3.8) is 0 Å². The van der Waals surface area contributed by atoms with Gasteiger partial charge in [-0.05, 0) is 83.4 Å². The second kappa shape index (κ2) is 8.88. The summed E-state index contributed by atoms with van der Waals surface area (Å²) < 4.78 is 56.6. The largest absolute Gasteiger partial charge is 0.455 e. The van der Waals surface area contributed by atoms with Crippen molar-refractivity contribution < 1.29 is 12.6 Å². The predicted molar refractivity (Wildman–Crippen MR) is 157 cm³/mol. The van der Waals surface area contributed by atoms with Gasteiger partial charge in [-0.1, -0.05) is 81.4 Å². The molecule has 4 aromatic carbocycles. The molecule has 6 rings (SSSR count). The molecule has 0 aliphatic carbocycles. The van der Waals surface area contributed by atoms with E-state index in [-0.39, 0.29) is 16.5 Å². The molecule has 2 nitrogen and oxygen atoms in total. The van der Waals surface area contributed by atoms with Crippen molar-refractivity contribution in [2.45, 2.75) is 52.7 Å². The van der Waals surface area contributed by atoms with Crippen molar-refractivity contribution in [2.75, 3.05) is 0 Å². The third-order valence-corrected chi connectivity index (χ3v) is 8.14. The average molecular weight is 490 g/mol. The molecule has 0 saturated heterocycles. The third kappa shape index (κ3) is 3.74. The summed E-state index contributed by atoms with van der Waals surface area (Å²) in [4.78, 5) is 4.60. The first-order valence-electron chi connectivity index (χ1n) is 15.8. The van der Waals surface area contributed by atoms with Crippen LogP contribution in [0.15, 0.2) is 89.5 Å². The maximum Gasteiger partial charge on any atom is 0.144 e. The van der Waals surface area contributed by atoms with Crippen LogP contribution in [0.4, 0.5) is 0 Å². The number of para-hydroxylation sites is 1. The Balaban J connectivity index is 1.62. The summed E-state index contributed by atoms with van der Waals surface area (Å²) in [5, 5.41) is 3.97. The van der Waals surface area contributed by atoms with Crippen LogP contribution in [0.2, 0.25) is 0 Å². The fourth-order valence-corrected chi connectivity index (χ4v) is 5.37. The summed E-state index contributed by atoms with van der Waals surface area (Å²) >= 11 is 0. The molecule has 184 valence electrons. The van der Waals surface area contributed by atoms with Gasteiger partial charge in [0.15, 0.2) is 0 Å². The molecule has 0 radical (unpaired) electrons. The highest BCUT2D eigenvalue weighted by Gasteiger charge is 2.23. The molecule has 6 aromatic rings. The van der Waals surface area contributed by atoms with Crippen LogP contribution >= 0.6 is 0 Å². The molecule has 0 aliphatic heterocycles. The van der Waals surface area contributed by atoms with Crippen LogP contribution in [-0.4, -0.2) is 4.98 Å². The Bertz CT molecular complexity index is 2000. The number of hydrogen-bond donors (Lipinski definition) is 0. The number of rotatable bonds is 5. The van der Waals surface area contributed by atoms with Crippen LogP contribution in [-0.2, 0) is 5.41 Å². The molecule has 2 heteroatoms. The zero-order chi connectivity index (χ0) is 30.7. The zero-order valence-electron chi connectivity index (χ0n) is 27.4.